The van der Waals surface area contributed by atoms with Crippen LogP contribution in [0.1, 0.15) is 16.1 Å². The van der Waals surface area contributed by atoms with Gasteiger partial charge in [-0.15, -0.1) is 0 Å². The van der Waals surface area contributed by atoms with Gasteiger partial charge in [0.05, 0.1) is 23.6 Å². The van der Waals surface area contributed by atoms with E-state index in [2.05, 4.69) is 15.4 Å². The molecule has 2 rings (SSSR count). The maximum Gasteiger partial charge on any atom is 0.433 e. The molecule has 0 bridgehead atoms. The Morgan fingerprint density at radius 2 is 2.11 bits per heavy atom. The molecule has 2 aromatic heterocycles. The number of alkyl halides is 3. The maximum absolute atomic E-state index is 12.5. The van der Waals surface area contributed by atoms with Crippen molar-refractivity contribution in [1.29, 1.82) is 0 Å². The molecule has 0 saturated carbocycles. The van der Waals surface area contributed by atoms with E-state index in [9.17, 15) is 18.0 Å². The number of rotatable bonds is 2. The zero-order valence-electron chi connectivity index (χ0n) is 8.82. The lowest BCUT2D eigenvalue weighted by atomic mass is 10.2. The summed E-state index contributed by atoms with van der Waals surface area (Å²) in [6, 6.07) is 3.06. The third-order valence-electron chi connectivity index (χ3n) is 2.09. The van der Waals surface area contributed by atoms with Gasteiger partial charge in [0.15, 0.2) is 5.69 Å². The highest BCUT2D eigenvalue weighted by atomic mass is 19.4. The zero-order valence-corrected chi connectivity index (χ0v) is 8.82. The van der Waals surface area contributed by atoms with Crippen LogP contribution in [0.15, 0.2) is 30.7 Å². The van der Waals surface area contributed by atoms with Crippen molar-refractivity contribution in [3.8, 4) is 0 Å². The van der Waals surface area contributed by atoms with E-state index >= 15 is 0 Å². The lowest BCUT2D eigenvalue weighted by Crippen LogP contribution is -2.17. The smallest absolute Gasteiger partial charge is 0.320 e. The average Bonchev–Trinajstić information content (AvgIpc) is 2.79. The molecule has 0 fully saturated rings. The fourth-order valence-corrected chi connectivity index (χ4v) is 1.31. The molecule has 0 aromatic carbocycles. The number of H-pyrrole nitrogens is 1. The number of hydrogen-bond acceptors (Lipinski definition) is 3. The molecular weight excluding hydrogens is 249 g/mol. The Morgan fingerprint density at radius 3 is 2.72 bits per heavy atom. The van der Waals surface area contributed by atoms with Gasteiger partial charge in [0, 0.05) is 6.20 Å². The van der Waals surface area contributed by atoms with Gasteiger partial charge in [0.25, 0.3) is 5.91 Å². The first-order chi connectivity index (χ1) is 8.48. The second-order valence-electron chi connectivity index (χ2n) is 3.35. The number of hydrogen-bond donors (Lipinski definition) is 2. The lowest BCUT2D eigenvalue weighted by molar-refractivity contribution is -0.141. The van der Waals surface area contributed by atoms with Crippen molar-refractivity contribution >= 4 is 11.6 Å². The second-order valence-corrected chi connectivity index (χ2v) is 3.35. The number of carbonyl (C=O) groups is 1. The highest BCUT2D eigenvalue weighted by Gasteiger charge is 2.37. The van der Waals surface area contributed by atoms with Crippen molar-refractivity contribution in [2.45, 2.75) is 6.18 Å². The molecule has 0 saturated heterocycles. The van der Waals surface area contributed by atoms with Gasteiger partial charge in [-0.3, -0.25) is 14.9 Å². The van der Waals surface area contributed by atoms with Crippen LogP contribution in [0.3, 0.4) is 0 Å². The molecule has 0 aliphatic carbocycles. The number of halogens is 3. The highest BCUT2D eigenvalue weighted by Crippen LogP contribution is 2.30. The van der Waals surface area contributed by atoms with Crippen molar-refractivity contribution in [2.24, 2.45) is 0 Å². The first-order valence-corrected chi connectivity index (χ1v) is 4.80. The van der Waals surface area contributed by atoms with Crippen molar-refractivity contribution in [2.75, 3.05) is 5.32 Å². The molecule has 5 nitrogen and oxygen atoms in total. The maximum atomic E-state index is 12.5. The molecular formula is C10H7F3N4O. The monoisotopic (exact) mass is 256 g/mol. The quantitative estimate of drug-likeness (QED) is 0.864. The van der Waals surface area contributed by atoms with Crippen LogP contribution in [0.25, 0.3) is 0 Å². The van der Waals surface area contributed by atoms with Crippen molar-refractivity contribution in [1.82, 2.24) is 15.2 Å². The topological polar surface area (TPSA) is 70.7 Å². The van der Waals surface area contributed by atoms with Crippen molar-refractivity contribution < 1.29 is 18.0 Å². The molecule has 0 radical (unpaired) electrons. The van der Waals surface area contributed by atoms with Crippen LogP contribution in [-0.2, 0) is 6.18 Å². The minimum Gasteiger partial charge on any atom is -0.320 e. The van der Waals surface area contributed by atoms with E-state index in [4.69, 9.17) is 0 Å². The predicted octanol–water partition coefficient (Wildman–Crippen LogP) is 2.08. The third kappa shape index (κ3) is 2.47. The zero-order chi connectivity index (χ0) is 13.2. The average molecular weight is 256 g/mol. The van der Waals surface area contributed by atoms with Crippen LogP contribution in [-0.4, -0.2) is 21.1 Å². The van der Waals surface area contributed by atoms with Crippen LogP contribution in [0.2, 0.25) is 0 Å². The van der Waals surface area contributed by atoms with Crippen LogP contribution in [0.5, 0.6) is 0 Å². The summed E-state index contributed by atoms with van der Waals surface area (Å²) in [5, 5.41) is 7.29. The van der Waals surface area contributed by atoms with E-state index in [1.54, 1.807) is 11.2 Å². The minimum absolute atomic E-state index is 0.303. The molecule has 0 aliphatic heterocycles. The number of nitrogens with one attached hydrogen (secondary N) is 2. The van der Waals surface area contributed by atoms with E-state index in [0.29, 0.717) is 5.69 Å². The molecule has 0 unspecified atom stereocenters. The van der Waals surface area contributed by atoms with Gasteiger partial charge in [0.1, 0.15) is 0 Å². The number of pyridine rings is 1. The molecule has 2 heterocycles. The SMILES string of the molecule is O=C(Nc1cccnc1)c1cn[nH]c1C(F)(F)F. The number of anilines is 1. The molecule has 0 spiro atoms. The summed E-state index contributed by atoms with van der Waals surface area (Å²) in [4.78, 5) is 15.4. The van der Waals surface area contributed by atoms with E-state index in [1.807, 2.05) is 0 Å². The first-order valence-electron chi connectivity index (χ1n) is 4.80. The van der Waals surface area contributed by atoms with E-state index in [0.717, 1.165) is 6.20 Å². The summed E-state index contributed by atoms with van der Waals surface area (Å²) in [7, 11) is 0. The fourth-order valence-electron chi connectivity index (χ4n) is 1.31. The number of aromatic amines is 1. The normalized spacial score (nSPS) is 11.3. The Hall–Kier alpha value is -2.38. The molecule has 2 N–H and O–H groups in total. The molecule has 0 atom stereocenters. The Morgan fingerprint density at radius 1 is 1.33 bits per heavy atom. The molecule has 94 valence electrons. The number of amides is 1. The molecule has 1 amide bonds. The van der Waals surface area contributed by atoms with Gasteiger partial charge in [-0.05, 0) is 12.1 Å². The second kappa shape index (κ2) is 4.47. The van der Waals surface area contributed by atoms with E-state index in [-0.39, 0.29) is 0 Å². The number of carbonyl (C=O) groups excluding carboxylic acids is 1. The van der Waals surface area contributed by atoms with Crippen LogP contribution < -0.4 is 5.32 Å². The van der Waals surface area contributed by atoms with Gasteiger partial charge >= 0.3 is 6.18 Å². The van der Waals surface area contributed by atoms with E-state index < -0.39 is 23.3 Å². The molecule has 0 aliphatic rings. The Balaban J connectivity index is 2.23. The highest BCUT2D eigenvalue weighted by molar-refractivity contribution is 6.04. The van der Waals surface area contributed by atoms with Crippen LogP contribution in [0.4, 0.5) is 18.9 Å². The van der Waals surface area contributed by atoms with Gasteiger partial charge in [-0.1, -0.05) is 0 Å². The minimum atomic E-state index is -4.65. The standard InChI is InChI=1S/C10H7F3N4O/c11-10(12,13)8-7(5-15-17-8)9(18)16-6-2-1-3-14-4-6/h1-5H,(H,15,17)(H,16,18). The van der Waals surface area contributed by atoms with Crippen LogP contribution >= 0.6 is 0 Å². The summed E-state index contributed by atoms with van der Waals surface area (Å²) in [5.41, 5.74) is -1.44. The largest absolute Gasteiger partial charge is 0.433 e. The molecule has 18 heavy (non-hydrogen) atoms. The number of aromatic nitrogens is 3. The van der Waals surface area contributed by atoms with Gasteiger partial charge < -0.3 is 5.32 Å². The van der Waals surface area contributed by atoms with Crippen molar-refractivity contribution in [3.63, 3.8) is 0 Å². The Bertz CT molecular complexity index is 550. The van der Waals surface area contributed by atoms with Gasteiger partial charge in [-0.25, -0.2) is 0 Å². The first kappa shape index (κ1) is 12.1. The molecule has 8 heteroatoms. The Labute approximate surface area is 99.0 Å². The van der Waals surface area contributed by atoms with Gasteiger partial charge in [0.2, 0.25) is 0 Å². The Kier molecular flexibility index (Phi) is 3.00. The summed E-state index contributed by atoms with van der Waals surface area (Å²) in [5.74, 6) is -0.899. The predicted molar refractivity (Wildman–Crippen MR) is 55.8 cm³/mol. The summed E-state index contributed by atoms with van der Waals surface area (Å²) < 4.78 is 37.6. The number of nitrogens with zero attached hydrogens (tertiary/aromatic N) is 2. The van der Waals surface area contributed by atoms with Gasteiger partial charge in [-0.2, -0.15) is 18.3 Å². The fraction of sp³-hybridized carbons (Fsp3) is 0.100. The summed E-state index contributed by atoms with van der Waals surface area (Å²) in [6.45, 7) is 0. The van der Waals surface area contributed by atoms with E-state index in [1.165, 1.54) is 18.5 Å². The molecule has 2 aromatic rings. The lowest BCUT2D eigenvalue weighted by Gasteiger charge is -2.07. The van der Waals surface area contributed by atoms with Crippen LogP contribution in [0, 0.1) is 0 Å². The van der Waals surface area contributed by atoms with Crippen molar-refractivity contribution in [3.05, 3.63) is 42.0 Å². The third-order valence-corrected chi connectivity index (χ3v) is 2.09. The summed E-state index contributed by atoms with van der Waals surface area (Å²) in [6.07, 6.45) is -1.02. The summed E-state index contributed by atoms with van der Waals surface area (Å²) >= 11 is 0.